The van der Waals surface area contributed by atoms with Crippen LogP contribution in [0.15, 0.2) is 24.3 Å². The molecule has 0 aliphatic rings. The van der Waals surface area contributed by atoms with Gasteiger partial charge in [-0.1, -0.05) is 23.7 Å². The van der Waals surface area contributed by atoms with Gasteiger partial charge in [-0.15, -0.1) is 0 Å². The van der Waals surface area contributed by atoms with E-state index in [2.05, 4.69) is 10.6 Å². The summed E-state index contributed by atoms with van der Waals surface area (Å²) in [6.45, 7) is 1.56. The molecule has 0 atom stereocenters. The number of hydrogen-bond acceptors (Lipinski definition) is 3. The molecule has 0 spiro atoms. The summed E-state index contributed by atoms with van der Waals surface area (Å²) in [6.07, 6.45) is 0.148. The number of likely N-dealkylation sites (N-methyl/N-ethyl adjacent to an activating group) is 1. The van der Waals surface area contributed by atoms with Crippen LogP contribution in [0.2, 0.25) is 5.02 Å². The lowest BCUT2D eigenvalue weighted by molar-refractivity contribution is -0.133. The Balaban J connectivity index is 2.41. The molecule has 0 bridgehead atoms. The van der Waals surface area contributed by atoms with Crippen LogP contribution in [0.4, 0.5) is 5.69 Å². The van der Waals surface area contributed by atoms with Gasteiger partial charge >= 0.3 is 0 Å². The second kappa shape index (κ2) is 8.26. The number of benzene rings is 1. The van der Waals surface area contributed by atoms with Crippen LogP contribution >= 0.6 is 11.6 Å². The van der Waals surface area contributed by atoms with Crippen LogP contribution in [0.5, 0.6) is 0 Å². The molecule has 0 fully saturated rings. The van der Waals surface area contributed by atoms with Crippen molar-refractivity contribution in [1.82, 2.24) is 10.2 Å². The van der Waals surface area contributed by atoms with Crippen LogP contribution in [0.25, 0.3) is 0 Å². The summed E-state index contributed by atoms with van der Waals surface area (Å²) in [4.78, 5) is 35.6. The van der Waals surface area contributed by atoms with Crippen molar-refractivity contribution >= 4 is 35.0 Å². The zero-order valence-electron chi connectivity index (χ0n) is 12.0. The number of rotatable bonds is 6. The molecule has 3 amide bonds. The van der Waals surface area contributed by atoms with Gasteiger partial charge in [-0.3, -0.25) is 14.4 Å². The van der Waals surface area contributed by atoms with Crippen LogP contribution < -0.4 is 10.6 Å². The van der Waals surface area contributed by atoms with Crippen LogP contribution in [0.1, 0.15) is 13.3 Å². The van der Waals surface area contributed by atoms with Crippen LogP contribution in [0.3, 0.4) is 0 Å². The number of amides is 3. The zero-order valence-corrected chi connectivity index (χ0v) is 12.7. The monoisotopic (exact) mass is 311 g/mol. The summed E-state index contributed by atoms with van der Waals surface area (Å²) in [6, 6.07) is 6.86. The Bertz CT molecular complexity index is 534. The first-order valence-corrected chi connectivity index (χ1v) is 6.80. The lowest BCUT2D eigenvalue weighted by atomic mass is 10.3. The molecule has 21 heavy (non-hydrogen) atoms. The number of nitrogens with zero attached hydrogens (tertiary/aromatic N) is 1. The predicted octanol–water partition coefficient (Wildman–Crippen LogP) is 1.26. The largest absolute Gasteiger partial charge is 0.356 e. The maximum atomic E-state index is 11.8. The van der Waals surface area contributed by atoms with Gasteiger partial charge in [0.15, 0.2) is 0 Å². The molecule has 0 aromatic heterocycles. The summed E-state index contributed by atoms with van der Waals surface area (Å²) in [5.74, 6) is -0.751. The highest BCUT2D eigenvalue weighted by atomic mass is 35.5. The minimum Gasteiger partial charge on any atom is -0.356 e. The van der Waals surface area contributed by atoms with Crippen molar-refractivity contribution in [3.8, 4) is 0 Å². The van der Waals surface area contributed by atoms with E-state index in [1.807, 2.05) is 0 Å². The van der Waals surface area contributed by atoms with Gasteiger partial charge in [0.2, 0.25) is 17.7 Å². The Morgan fingerprint density at radius 3 is 2.52 bits per heavy atom. The van der Waals surface area contributed by atoms with Crippen molar-refractivity contribution in [1.29, 1.82) is 0 Å². The molecule has 0 heterocycles. The number of carbonyl (C=O) groups is 3. The standard InChI is InChI=1S/C14H18ClN3O3/c1-10(19)16-8-7-14(21)18(2)9-13(20)17-12-6-4-3-5-11(12)15/h3-6H,7-9H2,1-2H3,(H,16,19)(H,17,20). The van der Waals surface area contributed by atoms with E-state index in [0.29, 0.717) is 10.7 Å². The Hall–Kier alpha value is -2.08. The fourth-order valence-corrected chi connectivity index (χ4v) is 1.78. The highest BCUT2D eigenvalue weighted by molar-refractivity contribution is 6.33. The van der Waals surface area contributed by atoms with Crippen LogP contribution in [-0.2, 0) is 14.4 Å². The lowest BCUT2D eigenvalue weighted by Gasteiger charge is -2.17. The number of halogens is 1. The average Bonchev–Trinajstić information content (AvgIpc) is 2.40. The highest BCUT2D eigenvalue weighted by Gasteiger charge is 2.13. The van der Waals surface area contributed by atoms with Gasteiger partial charge in [0.1, 0.15) is 0 Å². The van der Waals surface area contributed by atoms with Gasteiger partial charge in [-0.05, 0) is 12.1 Å². The van der Waals surface area contributed by atoms with Gasteiger partial charge in [0, 0.05) is 26.9 Å². The Kier molecular flexibility index (Phi) is 6.68. The van der Waals surface area contributed by atoms with Crippen molar-refractivity contribution in [2.75, 3.05) is 25.5 Å². The van der Waals surface area contributed by atoms with E-state index in [0.717, 1.165) is 0 Å². The normalized spacial score (nSPS) is 9.86. The SMILES string of the molecule is CC(=O)NCCC(=O)N(C)CC(=O)Nc1ccccc1Cl. The first-order chi connectivity index (χ1) is 9.90. The van der Waals surface area contributed by atoms with Crippen molar-refractivity contribution in [2.24, 2.45) is 0 Å². The number of hydrogen-bond donors (Lipinski definition) is 2. The fraction of sp³-hybridized carbons (Fsp3) is 0.357. The molecule has 0 aliphatic carbocycles. The van der Waals surface area contributed by atoms with Crippen molar-refractivity contribution in [2.45, 2.75) is 13.3 Å². The van der Waals surface area contributed by atoms with E-state index in [1.54, 1.807) is 24.3 Å². The van der Waals surface area contributed by atoms with E-state index < -0.39 is 0 Å². The number of nitrogens with one attached hydrogen (secondary N) is 2. The minimum absolute atomic E-state index is 0.0792. The van der Waals surface area contributed by atoms with Gasteiger partial charge in [0.05, 0.1) is 17.3 Å². The average molecular weight is 312 g/mol. The predicted molar refractivity (Wildman–Crippen MR) is 81.0 cm³/mol. The smallest absolute Gasteiger partial charge is 0.244 e. The van der Waals surface area contributed by atoms with E-state index in [4.69, 9.17) is 11.6 Å². The molecule has 0 aliphatic heterocycles. The molecule has 1 aromatic carbocycles. The molecule has 7 heteroatoms. The highest BCUT2D eigenvalue weighted by Crippen LogP contribution is 2.20. The maximum absolute atomic E-state index is 11.8. The molecule has 1 aromatic rings. The second-order valence-electron chi connectivity index (χ2n) is 4.51. The third-order valence-electron chi connectivity index (χ3n) is 2.67. The van der Waals surface area contributed by atoms with Crippen LogP contribution in [-0.4, -0.2) is 42.8 Å². The van der Waals surface area contributed by atoms with E-state index >= 15 is 0 Å². The zero-order chi connectivity index (χ0) is 15.8. The fourth-order valence-electron chi connectivity index (χ4n) is 1.59. The molecule has 1 rings (SSSR count). The van der Waals surface area contributed by atoms with Crippen molar-refractivity contribution < 1.29 is 14.4 Å². The number of anilines is 1. The Morgan fingerprint density at radius 2 is 1.90 bits per heavy atom. The topological polar surface area (TPSA) is 78.5 Å². The van der Waals surface area contributed by atoms with E-state index in [9.17, 15) is 14.4 Å². The summed E-state index contributed by atoms with van der Waals surface area (Å²) < 4.78 is 0. The number of carbonyl (C=O) groups excluding carboxylic acids is 3. The summed E-state index contributed by atoms with van der Waals surface area (Å²) in [5.41, 5.74) is 0.503. The molecule has 0 saturated carbocycles. The van der Waals surface area contributed by atoms with Gasteiger partial charge in [0.25, 0.3) is 0 Å². The van der Waals surface area contributed by atoms with Gasteiger partial charge < -0.3 is 15.5 Å². The Labute approximate surface area is 128 Å². The summed E-state index contributed by atoms with van der Waals surface area (Å²) in [5, 5.41) is 5.60. The van der Waals surface area contributed by atoms with Gasteiger partial charge in [-0.25, -0.2) is 0 Å². The van der Waals surface area contributed by atoms with Crippen LogP contribution in [0, 0.1) is 0 Å². The maximum Gasteiger partial charge on any atom is 0.244 e. The molecule has 6 nitrogen and oxygen atoms in total. The third-order valence-corrected chi connectivity index (χ3v) is 3.00. The van der Waals surface area contributed by atoms with Crippen molar-refractivity contribution in [3.63, 3.8) is 0 Å². The van der Waals surface area contributed by atoms with E-state index in [1.165, 1.54) is 18.9 Å². The van der Waals surface area contributed by atoms with E-state index in [-0.39, 0.29) is 37.2 Å². The molecule has 0 unspecified atom stereocenters. The van der Waals surface area contributed by atoms with Gasteiger partial charge in [-0.2, -0.15) is 0 Å². The minimum atomic E-state index is -0.335. The molecule has 114 valence electrons. The second-order valence-corrected chi connectivity index (χ2v) is 4.92. The number of para-hydroxylation sites is 1. The molecular weight excluding hydrogens is 294 g/mol. The first kappa shape index (κ1) is 17.0. The first-order valence-electron chi connectivity index (χ1n) is 6.43. The van der Waals surface area contributed by atoms with Crippen molar-refractivity contribution in [3.05, 3.63) is 29.3 Å². The molecule has 2 N–H and O–H groups in total. The quantitative estimate of drug-likeness (QED) is 0.830. The summed E-state index contributed by atoms with van der Waals surface area (Å²) >= 11 is 5.93. The third kappa shape index (κ3) is 6.27. The molecular formula is C14H18ClN3O3. The molecule has 0 radical (unpaired) electrons. The molecule has 0 saturated heterocycles. The summed E-state index contributed by atoms with van der Waals surface area (Å²) in [7, 11) is 1.53. The lowest BCUT2D eigenvalue weighted by Crippen LogP contribution is -2.36. The Morgan fingerprint density at radius 1 is 1.24 bits per heavy atom.